The molecule has 1 fully saturated rings. The number of fused-ring (bicyclic) bond motifs is 2. The number of nitrogens with one attached hydrogen (secondary N) is 2. The van der Waals surface area contributed by atoms with Gasteiger partial charge in [-0.3, -0.25) is 19.7 Å². The van der Waals surface area contributed by atoms with Gasteiger partial charge in [0.15, 0.2) is 5.13 Å². The number of amides is 2. The summed E-state index contributed by atoms with van der Waals surface area (Å²) in [5.41, 5.74) is 3.72. The molecule has 2 aromatic heterocycles. The molecule has 2 aliphatic rings. The highest BCUT2D eigenvalue weighted by Crippen LogP contribution is 2.35. The molecule has 3 heterocycles. The summed E-state index contributed by atoms with van der Waals surface area (Å²) in [6, 6.07) is 16.5. The van der Waals surface area contributed by atoms with E-state index in [0.29, 0.717) is 34.4 Å². The first kappa shape index (κ1) is 25.5. The summed E-state index contributed by atoms with van der Waals surface area (Å²) >= 11 is 1.57. The number of likely N-dealkylation sites (tertiary alicyclic amines) is 1. The average molecular weight is 542 g/mol. The molecule has 2 amide bonds. The molecule has 9 heteroatoms. The molecule has 0 radical (unpaired) electrons. The Morgan fingerprint density at radius 3 is 2.79 bits per heavy atom. The van der Waals surface area contributed by atoms with Crippen molar-refractivity contribution in [2.45, 2.75) is 44.2 Å². The first-order valence-corrected chi connectivity index (χ1v) is 14.2. The van der Waals surface area contributed by atoms with Crippen LogP contribution >= 0.6 is 11.3 Å². The summed E-state index contributed by atoms with van der Waals surface area (Å²) in [5.74, 6) is -0.239. The number of hydrogen-bond donors (Lipinski definition) is 2. The zero-order valence-corrected chi connectivity index (χ0v) is 22.9. The molecule has 4 aromatic rings. The second kappa shape index (κ2) is 10.4. The third-order valence-electron chi connectivity index (χ3n) is 7.88. The molecule has 0 saturated carbocycles. The quantitative estimate of drug-likeness (QED) is 0.384. The number of thiazole rings is 1. The molecule has 8 nitrogen and oxygen atoms in total. The third-order valence-corrected chi connectivity index (χ3v) is 8.92. The lowest BCUT2D eigenvalue weighted by molar-refractivity contribution is 0.0736. The van der Waals surface area contributed by atoms with Gasteiger partial charge in [0.2, 0.25) is 5.56 Å². The third kappa shape index (κ3) is 5.12. The lowest BCUT2D eigenvalue weighted by Gasteiger charge is -2.27. The van der Waals surface area contributed by atoms with Gasteiger partial charge in [0.05, 0.1) is 11.7 Å². The summed E-state index contributed by atoms with van der Waals surface area (Å²) in [6.45, 7) is 0.655. The van der Waals surface area contributed by atoms with E-state index in [1.54, 1.807) is 35.6 Å². The maximum atomic E-state index is 13.5. The summed E-state index contributed by atoms with van der Waals surface area (Å²) < 4.78 is 0. The van der Waals surface area contributed by atoms with Gasteiger partial charge in [-0.2, -0.15) is 0 Å². The minimum Gasteiger partial charge on any atom is -0.332 e. The zero-order valence-electron chi connectivity index (χ0n) is 22.1. The average Bonchev–Trinajstić information content (AvgIpc) is 3.59. The van der Waals surface area contributed by atoms with E-state index in [9.17, 15) is 14.4 Å². The predicted octanol–water partition coefficient (Wildman–Crippen LogP) is 4.63. The summed E-state index contributed by atoms with van der Waals surface area (Å²) in [6.07, 6.45) is 4.71. The van der Waals surface area contributed by atoms with Crippen LogP contribution in [0.15, 0.2) is 59.4 Å². The molecule has 200 valence electrons. The van der Waals surface area contributed by atoms with Crippen molar-refractivity contribution in [1.82, 2.24) is 19.8 Å². The van der Waals surface area contributed by atoms with Crippen LogP contribution in [0.5, 0.6) is 0 Å². The fraction of sp³-hybridized carbons (Fsp3) is 0.333. The van der Waals surface area contributed by atoms with Crippen LogP contribution < -0.4 is 10.9 Å². The van der Waals surface area contributed by atoms with E-state index in [1.807, 2.05) is 29.2 Å². The minimum absolute atomic E-state index is 0.0511. The molecular formula is C30H31N5O3S. The van der Waals surface area contributed by atoms with Crippen LogP contribution in [-0.2, 0) is 12.8 Å². The Kier molecular flexibility index (Phi) is 6.78. The number of carbonyl (C=O) groups excluding carboxylic acids is 2. The predicted molar refractivity (Wildman–Crippen MR) is 154 cm³/mol. The number of hydrogen-bond acceptors (Lipinski definition) is 6. The molecule has 1 aliphatic heterocycles. The van der Waals surface area contributed by atoms with E-state index in [2.05, 4.69) is 29.3 Å². The van der Waals surface area contributed by atoms with Gasteiger partial charge in [0.25, 0.3) is 11.8 Å². The van der Waals surface area contributed by atoms with Gasteiger partial charge >= 0.3 is 0 Å². The Labute approximate surface area is 230 Å². The second-order valence-corrected chi connectivity index (χ2v) is 11.7. The zero-order chi connectivity index (χ0) is 27.1. The Hall–Kier alpha value is -3.82. The monoisotopic (exact) mass is 541 g/mol. The lowest BCUT2D eigenvalue weighted by Crippen LogP contribution is -2.32. The number of rotatable bonds is 5. The number of aromatic nitrogens is 2. The Bertz CT molecular complexity index is 1620. The van der Waals surface area contributed by atoms with Crippen molar-refractivity contribution in [2.75, 3.05) is 26.0 Å². The lowest BCUT2D eigenvalue weighted by atomic mass is 9.97. The number of aryl methyl sites for hydroxylation is 1. The van der Waals surface area contributed by atoms with Crippen molar-refractivity contribution in [1.29, 1.82) is 0 Å². The number of carbonyl (C=O) groups is 2. The van der Waals surface area contributed by atoms with Crippen LogP contribution in [0.2, 0.25) is 0 Å². The van der Waals surface area contributed by atoms with Gasteiger partial charge in [0, 0.05) is 40.2 Å². The van der Waals surface area contributed by atoms with Gasteiger partial charge in [-0.05, 0) is 93.5 Å². The molecule has 0 spiro atoms. The van der Waals surface area contributed by atoms with E-state index in [-0.39, 0.29) is 23.4 Å². The molecule has 2 atom stereocenters. The minimum atomic E-state index is -0.188. The SMILES string of the molecule is CN(C)C1CCc2nc(NC(=O)c3cccc([C@H]4CCCN4C(=O)c4ccc5[nH]c(=O)ccc5c4)c3)sc2C1. The van der Waals surface area contributed by atoms with Crippen molar-refractivity contribution in [2.24, 2.45) is 0 Å². The van der Waals surface area contributed by atoms with Crippen LogP contribution in [0.3, 0.4) is 0 Å². The smallest absolute Gasteiger partial charge is 0.257 e. The van der Waals surface area contributed by atoms with Gasteiger partial charge < -0.3 is 14.8 Å². The molecule has 1 saturated heterocycles. The molecule has 1 aliphatic carbocycles. The largest absolute Gasteiger partial charge is 0.332 e. The molecule has 1 unspecified atom stereocenters. The Balaban J connectivity index is 1.19. The van der Waals surface area contributed by atoms with E-state index in [4.69, 9.17) is 4.98 Å². The van der Waals surface area contributed by atoms with Crippen molar-refractivity contribution in [3.05, 3.63) is 92.2 Å². The number of pyridine rings is 1. The van der Waals surface area contributed by atoms with Gasteiger partial charge in [-0.15, -0.1) is 11.3 Å². The number of nitrogens with zero attached hydrogens (tertiary/aromatic N) is 3. The van der Waals surface area contributed by atoms with Crippen LogP contribution in [0.25, 0.3) is 10.9 Å². The van der Waals surface area contributed by atoms with E-state index in [0.717, 1.165) is 48.7 Å². The number of H-pyrrole nitrogens is 1. The number of benzene rings is 2. The van der Waals surface area contributed by atoms with Gasteiger partial charge in [-0.1, -0.05) is 12.1 Å². The number of aromatic amines is 1. The molecule has 2 aromatic carbocycles. The van der Waals surface area contributed by atoms with E-state index >= 15 is 0 Å². The van der Waals surface area contributed by atoms with Crippen molar-refractivity contribution in [3.8, 4) is 0 Å². The van der Waals surface area contributed by atoms with Crippen LogP contribution in [0, 0.1) is 0 Å². The highest BCUT2D eigenvalue weighted by molar-refractivity contribution is 7.15. The van der Waals surface area contributed by atoms with E-state index < -0.39 is 0 Å². The van der Waals surface area contributed by atoms with Crippen LogP contribution in [0.1, 0.15) is 62.2 Å². The van der Waals surface area contributed by atoms with Crippen molar-refractivity contribution >= 4 is 39.2 Å². The Morgan fingerprint density at radius 2 is 1.95 bits per heavy atom. The van der Waals surface area contributed by atoms with Gasteiger partial charge in [-0.25, -0.2) is 4.98 Å². The summed E-state index contributed by atoms with van der Waals surface area (Å²) in [4.78, 5) is 51.2. The van der Waals surface area contributed by atoms with Crippen LogP contribution in [-0.4, -0.2) is 58.3 Å². The summed E-state index contributed by atoms with van der Waals surface area (Å²) in [7, 11) is 4.21. The standard InChI is InChI=1S/C30H31N5O3S/c1-34(2)22-10-12-24-26(17-22)39-30(32-24)33-28(37)20-6-3-5-19(16-20)25-7-4-14-35(25)29(38)21-8-11-23-18(15-21)9-13-27(36)31-23/h3,5-6,8-9,11,13,15-16,22,25H,4,7,10,12,14,17H2,1-2H3,(H,31,36)(H,32,33,37)/t22?,25-/m1/s1. The normalized spacial score (nSPS) is 18.9. The molecule has 0 bridgehead atoms. The maximum Gasteiger partial charge on any atom is 0.257 e. The number of anilines is 1. The molecule has 6 rings (SSSR count). The Morgan fingerprint density at radius 1 is 1.08 bits per heavy atom. The topological polar surface area (TPSA) is 98.4 Å². The summed E-state index contributed by atoms with van der Waals surface area (Å²) in [5, 5.41) is 4.47. The second-order valence-electron chi connectivity index (χ2n) is 10.6. The number of likely N-dealkylation sites (N-methyl/N-ethyl adjacent to an activating group) is 1. The molecule has 39 heavy (non-hydrogen) atoms. The fourth-order valence-corrected chi connectivity index (χ4v) is 6.79. The van der Waals surface area contributed by atoms with Crippen molar-refractivity contribution < 1.29 is 9.59 Å². The fourth-order valence-electron chi connectivity index (χ4n) is 5.72. The van der Waals surface area contributed by atoms with Crippen LogP contribution in [0.4, 0.5) is 5.13 Å². The first-order chi connectivity index (χ1) is 18.9. The molecular weight excluding hydrogens is 510 g/mol. The highest BCUT2D eigenvalue weighted by Gasteiger charge is 2.31. The molecule has 2 N–H and O–H groups in total. The van der Waals surface area contributed by atoms with Gasteiger partial charge in [0.1, 0.15) is 0 Å². The maximum absolute atomic E-state index is 13.5. The van der Waals surface area contributed by atoms with Crippen molar-refractivity contribution in [3.63, 3.8) is 0 Å². The highest BCUT2D eigenvalue weighted by atomic mass is 32.1. The first-order valence-electron chi connectivity index (χ1n) is 13.4. The van der Waals surface area contributed by atoms with E-state index in [1.165, 1.54) is 10.9 Å².